The van der Waals surface area contributed by atoms with Gasteiger partial charge in [-0.3, -0.25) is 4.79 Å². The van der Waals surface area contributed by atoms with Gasteiger partial charge in [0.2, 0.25) is 5.89 Å². The Labute approximate surface area is 163 Å². The standard InChI is InChI=1S/C19H25N7O2/c1-12(2)19-24-16(25-28-19)10-23-18(27)14-5-6-15(21-9-14)22-11-17-20-7-8-26(17)13(3)4/h5-9,12-13H,10-11H2,1-4H3,(H,21,22)(H,23,27). The van der Waals surface area contributed by atoms with Crippen molar-refractivity contribution in [2.24, 2.45) is 0 Å². The van der Waals surface area contributed by atoms with Gasteiger partial charge in [0.05, 0.1) is 18.7 Å². The van der Waals surface area contributed by atoms with Crippen molar-refractivity contribution < 1.29 is 9.32 Å². The molecule has 9 heteroatoms. The van der Waals surface area contributed by atoms with Gasteiger partial charge in [-0.25, -0.2) is 9.97 Å². The Bertz CT molecular complexity index is 913. The summed E-state index contributed by atoms with van der Waals surface area (Å²) in [4.78, 5) is 25.1. The first-order valence-corrected chi connectivity index (χ1v) is 9.26. The smallest absolute Gasteiger partial charge is 0.253 e. The van der Waals surface area contributed by atoms with E-state index in [2.05, 4.69) is 49.2 Å². The number of imidazole rings is 1. The third-order valence-electron chi connectivity index (χ3n) is 4.14. The molecule has 0 unspecified atom stereocenters. The average Bonchev–Trinajstić information content (AvgIpc) is 3.34. The summed E-state index contributed by atoms with van der Waals surface area (Å²) in [5.41, 5.74) is 0.460. The lowest BCUT2D eigenvalue weighted by atomic mass is 10.2. The minimum atomic E-state index is -0.245. The monoisotopic (exact) mass is 383 g/mol. The van der Waals surface area contributed by atoms with Crippen LogP contribution in [0.15, 0.2) is 35.2 Å². The molecule has 28 heavy (non-hydrogen) atoms. The number of amides is 1. The van der Waals surface area contributed by atoms with Crippen molar-refractivity contribution in [3.8, 4) is 0 Å². The van der Waals surface area contributed by atoms with Gasteiger partial charge >= 0.3 is 0 Å². The maximum atomic E-state index is 12.3. The molecule has 0 aliphatic carbocycles. The summed E-state index contributed by atoms with van der Waals surface area (Å²) in [7, 11) is 0. The van der Waals surface area contributed by atoms with Crippen LogP contribution in [0.25, 0.3) is 0 Å². The second kappa shape index (κ2) is 8.64. The Morgan fingerprint density at radius 1 is 1.18 bits per heavy atom. The summed E-state index contributed by atoms with van der Waals surface area (Å²) in [6.07, 6.45) is 5.27. The van der Waals surface area contributed by atoms with E-state index in [9.17, 15) is 4.79 Å². The largest absolute Gasteiger partial charge is 0.363 e. The molecule has 0 spiro atoms. The van der Waals surface area contributed by atoms with Gasteiger partial charge in [0.25, 0.3) is 5.91 Å². The van der Waals surface area contributed by atoms with Crippen LogP contribution in [0, 0.1) is 0 Å². The predicted molar refractivity (Wildman–Crippen MR) is 104 cm³/mol. The minimum absolute atomic E-state index is 0.153. The zero-order chi connectivity index (χ0) is 20.1. The Morgan fingerprint density at radius 3 is 2.64 bits per heavy atom. The van der Waals surface area contributed by atoms with E-state index in [0.717, 1.165) is 5.82 Å². The Balaban J connectivity index is 1.53. The van der Waals surface area contributed by atoms with Crippen molar-refractivity contribution >= 4 is 11.7 Å². The van der Waals surface area contributed by atoms with E-state index in [1.54, 1.807) is 18.3 Å². The van der Waals surface area contributed by atoms with E-state index in [1.807, 2.05) is 20.0 Å². The number of pyridine rings is 1. The zero-order valence-electron chi connectivity index (χ0n) is 16.5. The van der Waals surface area contributed by atoms with Crippen LogP contribution < -0.4 is 10.6 Å². The highest BCUT2D eigenvalue weighted by Gasteiger charge is 2.12. The molecule has 3 aromatic heterocycles. The second-order valence-electron chi connectivity index (χ2n) is 7.02. The average molecular weight is 383 g/mol. The van der Waals surface area contributed by atoms with Crippen molar-refractivity contribution in [1.29, 1.82) is 0 Å². The van der Waals surface area contributed by atoms with E-state index in [1.165, 1.54) is 6.20 Å². The van der Waals surface area contributed by atoms with Crippen molar-refractivity contribution in [3.05, 3.63) is 53.8 Å². The van der Waals surface area contributed by atoms with Crippen LogP contribution >= 0.6 is 0 Å². The van der Waals surface area contributed by atoms with Crippen molar-refractivity contribution in [2.45, 2.75) is 52.7 Å². The lowest BCUT2D eigenvalue weighted by Gasteiger charge is -2.12. The molecule has 0 bridgehead atoms. The topological polar surface area (TPSA) is 111 Å². The second-order valence-corrected chi connectivity index (χ2v) is 7.02. The van der Waals surface area contributed by atoms with Crippen LogP contribution in [0.1, 0.15) is 67.6 Å². The van der Waals surface area contributed by atoms with E-state index in [-0.39, 0.29) is 18.4 Å². The highest BCUT2D eigenvalue weighted by Crippen LogP contribution is 2.12. The number of hydrogen-bond acceptors (Lipinski definition) is 7. The lowest BCUT2D eigenvalue weighted by molar-refractivity contribution is 0.0949. The van der Waals surface area contributed by atoms with Gasteiger partial charge in [-0.15, -0.1) is 0 Å². The van der Waals surface area contributed by atoms with Gasteiger partial charge in [-0.05, 0) is 26.0 Å². The Morgan fingerprint density at radius 2 is 2.00 bits per heavy atom. The van der Waals surface area contributed by atoms with E-state index >= 15 is 0 Å². The number of carbonyl (C=O) groups is 1. The van der Waals surface area contributed by atoms with Gasteiger partial charge in [0.15, 0.2) is 5.82 Å². The number of carbonyl (C=O) groups excluding carboxylic acids is 1. The normalized spacial score (nSPS) is 11.2. The minimum Gasteiger partial charge on any atom is -0.363 e. The molecule has 3 aromatic rings. The van der Waals surface area contributed by atoms with Crippen molar-refractivity contribution in [1.82, 2.24) is 30.0 Å². The summed E-state index contributed by atoms with van der Waals surface area (Å²) >= 11 is 0. The lowest BCUT2D eigenvalue weighted by Crippen LogP contribution is -2.23. The molecule has 9 nitrogen and oxygen atoms in total. The quantitative estimate of drug-likeness (QED) is 0.615. The molecule has 0 aliphatic rings. The number of rotatable bonds is 8. The van der Waals surface area contributed by atoms with Gasteiger partial charge < -0.3 is 19.7 Å². The molecule has 0 fully saturated rings. The molecule has 148 valence electrons. The Hall–Kier alpha value is -3.23. The molecule has 1 amide bonds. The molecular weight excluding hydrogens is 358 g/mol. The summed E-state index contributed by atoms with van der Waals surface area (Å²) < 4.78 is 7.22. The maximum Gasteiger partial charge on any atom is 0.253 e. The van der Waals surface area contributed by atoms with E-state index < -0.39 is 0 Å². The van der Waals surface area contributed by atoms with E-state index in [0.29, 0.717) is 35.7 Å². The van der Waals surface area contributed by atoms with Crippen molar-refractivity contribution in [2.75, 3.05) is 5.32 Å². The zero-order valence-corrected chi connectivity index (χ0v) is 16.5. The summed E-state index contributed by atoms with van der Waals surface area (Å²) in [6, 6.07) is 3.83. The number of aromatic nitrogens is 5. The molecule has 3 rings (SSSR count). The fourth-order valence-corrected chi connectivity index (χ4v) is 2.59. The third kappa shape index (κ3) is 4.73. The van der Waals surface area contributed by atoms with Crippen LogP contribution in [-0.4, -0.2) is 30.6 Å². The van der Waals surface area contributed by atoms with Gasteiger partial charge in [-0.1, -0.05) is 19.0 Å². The number of nitrogens with one attached hydrogen (secondary N) is 2. The first-order chi connectivity index (χ1) is 13.4. The Kier molecular flexibility index (Phi) is 6.03. The van der Waals surface area contributed by atoms with Crippen LogP contribution in [0.5, 0.6) is 0 Å². The fourth-order valence-electron chi connectivity index (χ4n) is 2.59. The van der Waals surface area contributed by atoms with Gasteiger partial charge in [0, 0.05) is 30.6 Å². The van der Waals surface area contributed by atoms with Crippen LogP contribution in [0.4, 0.5) is 5.82 Å². The SMILES string of the molecule is CC(C)c1nc(CNC(=O)c2ccc(NCc3nccn3C(C)C)nc2)no1. The molecule has 0 radical (unpaired) electrons. The molecule has 0 aliphatic heterocycles. The summed E-state index contributed by atoms with van der Waals surface area (Å²) in [6.45, 7) is 8.90. The fraction of sp³-hybridized carbons (Fsp3) is 0.421. The third-order valence-corrected chi connectivity index (χ3v) is 4.14. The van der Waals surface area contributed by atoms with Crippen LogP contribution in [0.3, 0.4) is 0 Å². The molecule has 3 heterocycles. The molecular formula is C19H25N7O2. The highest BCUT2D eigenvalue weighted by molar-refractivity contribution is 5.93. The summed E-state index contributed by atoms with van der Waals surface area (Å²) in [5.74, 6) is 2.52. The number of nitrogens with zero attached hydrogens (tertiary/aromatic N) is 5. The van der Waals surface area contributed by atoms with E-state index in [4.69, 9.17) is 4.52 Å². The molecule has 0 aromatic carbocycles. The summed E-state index contributed by atoms with van der Waals surface area (Å²) in [5, 5.41) is 9.84. The van der Waals surface area contributed by atoms with Crippen LogP contribution in [-0.2, 0) is 13.1 Å². The predicted octanol–water partition coefficient (Wildman–Crippen LogP) is 2.91. The highest BCUT2D eigenvalue weighted by atomic mass is 16.5. The molecule has 0 saturated heterocycles. The number of anilines is 1. The first-order valence-electron chi connectivity index (χ1n) is 9.26. The number of hydrogen-bond donors (Lipinski definition) is 2. The van der Waals surface area contributed by atoms with Crippen molar-refractivity contribution in [3.63, 3.8) is 0 Å². The van der Waals surface area contributed by atoms with Crippen LogP contribution in [0.2, 0.25) is 0 Å². The van der Waals surface area contributed by atoms with Gasteiger partial charge in [-0.2, -0.15) is 4.98 Å². The van der Waals surface area contributed by atoms with Gasteiger partial charge in [0.1, 0.15) is 11.6 Å². The molecule has 2 N–H and O–H groups in total. The maximum absolute atomic E-state index is 12.3. The molecule has 0 atom stereocenters. The first kappa shape index (κ1) is 19.5. The molecule has 0 saturated carbocycles.